The molecule has 3 unspecified atom stereocenters. The highest BCUT2D eigenvalue weighted by Crippen LogP contribution is 2.50. The first-order valence-corrected chi connectivity index (χ1v) is 8.38. The van der Waals surface area contributed by atoms with E-state index < -0.39 is 0 Å². The van der Waals surface area contributed by atoms with Gasteiger partial charge in [-0.1, -0.05) is 67.0 Å². The van der Waals surface area contributed by atoms with E-state index in [1.54, 1.807) is 0 Å². The highest BCUT2D eigenvalue weighted by Gasteiger charge is 2.41. The third-order valence-electron chi connectivity index (χ3n) is 5.06. The first kappa shape index (κ1) is 18.7. The van der Waals surface area contributed by atoms with Crippen LogP contribution in [0.5, 0.6) is 0 Å². The summed E-state index contributed by atoms with van der Waals surface area (Å²) in [4.78, 5) is 0. The van der Waals surface area contributed by atoms with E-state index in [0.29, 0.717) is 5.41 Å². The molecule has 0 bridgehead atoms. The Balaban J connectivity index is 5.40. The van der Waals surface area contributed by atoms with E-state index in [0.717, 1.165) is 23.7 Å². The SMILES string of the molecule is C=C(C)C(CC)(C(C)CC(C)C)C(CC)CC(C)C. The van der Waals surface area contributed by atoms with Crippen LogP contribution in [0.25, 0.3) is 0 Å². The van der Waals surface area contributed by atoms with E-state index in [1.165, 1.54) is 31.3 Å². The maximum atomic E-state index is 4.40. The minimum Gasteiger partial charge on any atom is -0.0996 e. The molecule has 0 nitrogen and oxygen atoms in total. The van der Waals surface area contributed by atoms with E-state index in [9.17, 15) is 0 Å². The van der Waals surface area contributed by atoms with Crippen molar-refractivity contribution in [2.75, 3.05) is 0 Å². The normalized spacial score (nSPS) is 18.4. The lowest BCUT2D eigenvalue weighted by Crippen LogP contribution is -2.38. The minimum absolute atomic E-state index is 0.337. The second-order valence-corrected chi connectivity index (χ2v) is 7.44. The summed E-state index contributed by atoms with van der Waals surface area (Å²) in [5.74, 6) is 3.07. The lowest BCUT2D eigenvalue weighted by molar-refractivity contribution is 0.0830. The Labute approximate surface area is 123 Å². The van der Waals surface area contributed by atoms with E-state index in [4.69, 9.17) is 0 Å². The van der Waals surface area contributed by atoms with Gasteiger partial charge in [-0.05, 0) is 55.3 Å². The maximum Gasteiger partial charge on any atom is -0.00422 e. The Morgan fingerprint density at radius 2 is 1.42 bits per heavy atom. The predicted molar refractivity (Wildman–Crippen MR) is 89.4 cm³/mol. The van der Waals surface area contributed by atoms with Crippen LogP contribution in [0.1, 0.15) is 81.1 Å². The fraction of sp³-hybridized carbons (Fsp3) is 0.895. The Bertz CT molecular complexity index is 261. The van der Waals surface area contributed by atoms with Gasteiger partial charge in [0.15, 0.2) is 0 Å². The fourth-order valence-electron chi connectivity index (χ4n) is 4.34. The zero-order chi connectivity index (χ0) is 15.2. The highest BCUT2D eigenvalue weighted by atomic mass is 14.5. The molecule has 0 saturated heterocycles. The molecule has 0 aliphatic rings. The summed E-state index contributed by atoms with van der Waals surface area (Å²) in [5.41, 5.74) is 1.75. The molecule has 19 heavy (non-hydrogen) atoms. The molecule has 0 heterocycles. The largest absolute Gasteiger partial charge is 0.0996 e. The lowest BCUT2D eigenvalue weighted by atomic mass is 9.58. The Hall–Kier alpha value is -0.260. The van der Waals surface area contributed by atoms with Crippen molar-refractivity contribution in [1.82, 2.24) is 0 Å². The molecule has 0 aromatic carbocycles. The van der Waals surface area contributed by atoms with Gasteiger partial charge in [-0.15, -0.1) is 0 Å². The van der Waals surface area contributed by atoms with E-state index >= 15 is 0 Å². The summed E-state index contributed by atoms with van der Waals surface area (Å²) in [5, 5.41) is 0. The Morgan fingerprint density at radius 3 is 1.68 bits per heavy atom. The molecule has 0 N–H and O–H groups in total. The molecule has 0 aromatic rings. The highest BCUT2D eigenvalue weighted by molar-refractivity contribution is 5.12. The molecule has 0 rings (SSSR count). The monoisotopic (exact) mass is 266 g/mol. The number of rotatable bonds is 9. The molecule has 3 atom stereocenters. The van der Waals surface area contributed by atoms with E-state index in [-0.39, 0.29) is 0 Å². The summed E-state index contributed by atoms with van der Waals surface area (Å²) in [7, 11) is 0. The first-order chi connectivity index (χ1) is 8.72. The van der Waals surface area contributed by atoms with Crippen molar-refractivity contribution in [3.05, 3.63) is 12.2 Å². The fourth-order valence-corrected chi connectivity index (χ4v) is 4.34. The van der Waals surface area contributed by atoms with Gasteiger partial charge in [0, 0.05) is 0 Å². The van der Waals surface area contributed by atoms with Crippen LogP contribution >= 0.6 is 0 Å². The molecule has 0 saturated carbocycles. The van der Waals surface area contributed by atoms with Crippen LogP contribution < -0.4 is 0 Å². The summed E-state index contributed by atoms with van der Waals surface area (Å²) in [6.07, 6.45) is 5.16. The summed E-state index contributed by atoms with van der Waals surface area (Å²) in [6, 6.07) is 0. The summed E-state index contributed by atoms with van der Waals surface area (Å²) in [6.45, 7) is 23.3. The Kier molecular flexibility index (Phi) is 8.01. The van der Waals surface area contributed by atoms with Gasteiger partial charge < -0.3 is 0 Å². The second-order valence-electron chi connectivity index (χ2n) is 7.44. The van der Waals surface area contributed by atoms with Gasteiger partial charge in [0.25, 0.3) is 0 Å². The van der Waals surface area contributed by atoms with Crippen molar-refractivity contribution in [3.8, 4) is 0 Å². The molecule has 0 spiro atoms. The summed E-state index contributed by atoms with van der Waals surface area (Å²) < 4.78 is 0. The first-order valence-electron chi connectivity index (χ1n) is 8.38. The van der Waals surface area contributed by atoms with Crippen molar-refractivity contribution in [3.63, 3.8) is 0 Å². The van der Waals surface area contributed by atoms with Crippen molar-refractivity contribution in [2.24, 2.45) is 29.1 Å². The third kappa shape index (κ3) is 4.65. The van der Waals surface area contributed by atoms with Crippen LogP contribution in [0.4, 0.5) is 0 Å². The van der Waals surface area contributed by atoms with Gasteiger partial charge in [-0.3, -0.25) is 0 Å². The smallest absolute Gasteiger partial charge is 0.00422 e. The van der Waals surface area contributed by atoms with Crippen molar-refractivity contribution < 1.29 is 0 Å². The molecule has 0 radical (unpaired) electrons. The zero-order valence-corrected chi connectivity index (χ0v) is 14.8. The molecule has 0 aromatic heterocycles. The van der Waals surface area contributed by atoms with Crippen LogP contribution in [0, 0.1) is 29.1 Å². The van der Waals surface area contributed by atoms with Gasteiger partial charge in [0.05, 0.1) is 0 Å². The van der Waals surface area contributed by atoms with Crippen LogP contribution in [-0.4, -0.2) is 0 Å². The second kappa shape index (κ2) is 8.12. The van der Waals surface area contributed by atoms with E-state index in [1.807, 2.05) is 0 Å². The van der Waals surface area contributed by atoms with Gasteiger partial charge in [-0.2, -0.15) is 0 Å². The van der Waals surface area contributed by atoms with Crippen LogP contribution in [0.3, 0.4) is 0 Å². The van der Waals surface area contributed by atoms with Crippen LogP contribution in [-0.2, 0) is 0 Å². The standard InChI is InChI=1S/C19H38/c1-10-18(13-15(5)6)19(11-2,16(7)8)17(9)12-14(3)4/h14-15,17-18H,7,10-13H2,1-6,8-9H3. The van der Waals surface area contributed by atoms with Gasteiger partial charge in [0.2, 0.25) is 0 Å². The average molecular weight is 267 g/mol. The topological polar surface area (TPSA) is 0 Å². The molecule has 114 valence electrons. The number of hydrogen-bond donors (Lipinski definition) is 0. The van der Waals surface area contributed by atoms with Gasteiger partial charge >= 0.3 is 0 Å². The molecule has 0 aliphatic heterocycles. The average Bonchev–Trinajstić information content (AvgIpc) is 2.27. The van der Waals surface area contributed by atoms with Crippen LogP contribution in [0.15, 0.2) is 12.2 Å². The minimum atomic E-state index is 0.337. The van der Waals surface area contributed by atoms with Gasteiger partial charge in [-0.25, -0.2) is 0 Å². The van der Waals surface area contributed by atoms with E-state index in [2.05, 4.69) is 62.0 Å². The quantitative estimate of drug-likeness (QED) is 0.407. The maximum absolute atomic E-state index is 4.40. The molecular weight excluding hydrogens is 228 g/mol. The molecule has 0 aliphatic carbocycles. The van der Waals surface area contributed by atoms with Crippen molar-refractivity contribution in [1.29, 1.82) is 0 Å². The van der Waals surface area contributed by atoms with Crippen molar-refractivity contribution in [2.45, 2.75) is 81.1 Å². The lowest BCUT2D eigenvalue weighted by Gasteiger charge is -2.47. The molecule has 0 amide bonds. The predicted octanol–water partition coefficient (Wildman–Crippen LogP) is 6.71. The summed E-state index contributed by atoms with van der Waals surface area (Å²) >= 11 is 0. The molecular formula is C19H38. The van der Waals surface area contributed by atoms with Crippen LogP contribution in [0.2, 0.25) is 0 Å². The third-order valence-corrected chi connectivity index (χ3v) is 5.06. The molecule has 0 heteroatoms. The van der Waals surface area contributed by atoms with Crippen molar-refractivity contribution >= 4 is 0 Å². The molecule has 0 fully saturated rings. The number of hydrogen-bond acceptors (Lipinski definition) is 0. The number of allylic oxidation sites excluding steroid dienone is 1. The van der Waals surface area contributed by atoms with Gasteiger partial charge in [0.1, 0.15) is 0 Å². The zero-order valence-electron chi connectivity index (χ0n) is 14.8. The Morgan fingerprint density at radius 1 is 0.947 bits per heavy atom.